The molecule has 1 saturated heterocycles. The Balaban J connectivity index is 2.77. The van der Waals surface area contributed by atoms with E-state index in [9.17, 15) is 18.0 Å². The highest BCUT2D eigenvalue weighted by Crippen LogP contribution is 2.21. The van der Waals surface area contributed by atoms with Gasteiger partial charge in [0.2, 0.25) is 0 Å². The molecular formula is C12H22N2O6S. The lowest BCUT2D eigenvalue weighted by atomic mass is 10.2. The molecule has 0 aromatic rings. The molecule has 2 unspecified atom stereocenters. The van der Waals surface area contributed by atoms with Gasteiger partial charge in [-0.05, 0) is 33.6 Å². The van der Waals surface area contributed by atoms with Crippen molar-refractivity contribution < 1.29 is 27.5 Å². The molecule has 0 spiro atoms. The molecule has 0 aliphatic carbocycles. The van der Waals surface area contributed by atoms with Gasteiger partial charge in [-0.1, -0.05) is 0 Å². The van der Waals surface area contributed by atoms with E-state index in [1.165, 1.54) is 6.92 Å². The Morgan fingerprint density at radius 2 is 1.90 bits per heavy atom. The van der Waals surface area contributed by atoms with E-state index in [2.05, 4.69) is 4.72 Å². The van der Waals surface area contributed by atoms with E-state index < -0.39 is 34.2 Å². The largest absolute Gasteiger partial charge is 0.465 e. The lowest BCUT2D eigenvalue weighted by Gasteiger charge is -2.24. The Morgan fingerprint density at radius 3 is 2.48 bits per heavy atom. The summed E-state index contributed by atoms with van der Waals surface area (Å²) in [6, 6.07) is -1.85. The fourth-order valence-corrected chi connectivity index (χ4v) is 3.68. The fraction of sp³-hybridized carbons (Fsp3) is 0.833. The first kappa shape index (κ1) is 17.9. The highest BCUT2D eigenvalue weighted by molar-refractivity contribution is 7.87. The highest BCUT2D eigenvalue weighted by Gasteiger charge is 2.40. The molecular weight excluding hydrogens is 300 g/mol. The molecule has 1 aliphatic heterocycles. The second-order valence-corrected chi connectivity index (χ2v) is 6.27. The van der Waals surface area contributed by atoms with Crippen molar-refractivity contribution in [2.24, 2.45) is 0 Å². The van der Waals surface area contributed by atoms with Crippen molar-refractivity contribution >= 4 is 22.1 Å². The number of hydrogen-bond donors (Lipinski definition) is 1. The second kappa shape index (κ2) is 7.71. The molecule has 21 heavy (non-hydrogen) atoms. The molecule has 1 N–H and O–H groups in total. The molecule has 0 radical (unpaired) electrons. The highest BCUT2D eigenvalue weighted by atomic mass is 32.2. The third kappa shape index (κ3) is 4.65. The molecule has 1 fully saturated rings. The summed E-state index contributed by atoms with van der Waals surface area (Å²) in [6.45, 7) is 5.26. The van der Waals surface area contributed by atoms with Crippen LogP contribution in [0.4, 0.5) is 0 Å². The van der Waals surface area contributed by atoms with Crippen LogP contribution in [0.2, 0.25) is 0 Å². The van der Waals surface area contributed by atoms with Gasteiger partial charge in [-0.15, -0.1) is 0 Å². The van der Waals surface area contributed by atoms with Gasteiger partial charge < -0.3 is 9.47 Å². The van der Waals surface area contributed by atoms with Crippen LogP contribution < -0.4 is 4.72 Å². The Labute approximate surface area is 125 Å². The molecule has 0 bridgehead atoms. The first-order valence-corrected chi connectivity index (χ1v) is 8.39. The molecule has 1 heterocycles. The van der Waals surface area contributed by atoms with E-state index in [-0.39, 0.29) is 19.8 Å². The number of rotatable bonds is 7. The maximum Gasteiger partial charge on any atom is 0.324 e. The monoisotopic (exact) mass is 322 g/mol. The zero-order valence-corrected chi connectivity index (χ0v) is 13.3. The van der Waals surface area contributed by atoms with Gasteiger partial charge in [-0.25, -0.2) is 0 Å². The van der Waals surface area contributed by atoms with E-state index in [1.54, 1.807) is 13.8 Å². The minimum Gasteiger partial charge on any atom is -0.465 e. The fourth-order valence-electron chi connectivity index (χ4n) is 2.11. The lowest BCUT2D eigenvalue weighted by Crippen LogP contribution is -2.51. The molecule has 0 aromatic carbocycles. The van der Waals surface area contributed by atoms with E-state index in [1.807, 2.05) is 0 Å². The van der Waals surface area contributed by atoms with Crippen LogP contribution in [0, 0.1) is 0 Å². The van der Waals surface area contributed by atoms with Gasteiger partial charge in [0, 0.05) is 6.54 Å². The van der Waals surface area contributed by atoms with E-state index >= 15 is 0 Å². The lowest BCUT2D eigenvalue weighted by molar-refractivity contribution is -0.146. The number of ether oxygens (including phenoxy) is 2. The van der Waals surface area contributed by atoms with Crippen molar-refractivity contribution in [3.8, 4) is 0 Å². The van der Waals surface area contributed by atoms with Crippen molar-refractivity contribution in [3.63, 3.8) is 0 Å². The Kier molecular flexibility index (Phi) is 6.56. The number of carbonyl (C=O) groups excluding carboxylic acids is 2. The van der Waals surface area contributed by atoms with Gasteiger partial charge in [-0.3, -0.25) is 9.59 Å². The van der Waals surface area contributed by atoms with Gasteiger partial charge in [0.15, 0.2) is 0 Å². The van der Waals surface area contributed by atoms with Crippen molar-refractivity contribution in [2.75, 3.05) is 19.8 Å². The zero-order chi connectivity index (χ0) is 16.0. The van der Waals surface area contributed by atoms with Gasteiger partial charge in [0.25, 0.3) is 10.2 Å². The minimum absolute atomic E-state index is 0.167. The molecule has 1 aliphatic rings. The van der Waals surface area contributed by atoms with Crippen LogP contribution in [0.5, 0.6) is 0 Å². The standard InChI is InChI=1S/C12H22N2O6S/c1-4-19-11(15)9(3)13-21(17,18)14-8-6-7-10(14)12(16)20-5-2/h9-10,13H,4-8H2,1-3H3. The Morgan fingerprint density at radius 1 is 1.29 bits per heavy atom. The van der Waals surface area contributed by atoms with Gasteiger partial charge >= 0.3 is 11.9 Å². The van der Waals surface area contributed by atoms with Crippen LogP contribution in [-0.4, -0.2) is 56.5 Å². The maximum absolute atomic E-state index is 12.3. The van der Waals surface area contributed by atoms with Crippen molar-refractivity contribution in [3.05, 3.63) is 0 Å². The predicted molar refractivity (Wildman–Crippen MR) is 74.5 cm³/mol. The van der Waals surface area contributed by atoms with Crippen molar-refractivity contribution in [1.82, 2.24) is 9.03 Å². The van der Waals surface area contributed by atoms with Crippen molar-refractivity contribution in [2.45, 2.75) is 45.7 Å². The molecule has 0 saturated carbocycles. The average Bonchev–Trinajstić information content (AvgIpc) is 2.88. The van der Waals surface area contributed by atoms with Crippen LogP contribution in [0.15, 0.2) is 0 Å². The first-order chi connectivity index (χ1) is 9.83. The number of nitrogens with zero attached hydrogens (tertiary/aromatic N) is 1. The third-order valence-corrected chi connectivity index (χ3v) is 4.74. The summed E-state index contributed by atoms with van der Waals surface area (Å²) in [6.07, 6.45) is 0.978. The van der Waals surface area contributed by atoms with Gasteiger partial charge in [0.05, 0.1) is 13.2 Å². The molecule has 8 nitrogen and oxygen atoms in total. The van der Waals surface area contributed by atoms with E-state index in [0.29, 0.717) is 12.8 Å². The average molecular weight is 322 g/mol. The second-order valence-electron chi connectivity index (χ2n) is 4.62. The molecule has 2 atom stereocenters. The molecule has 9 heteroatoms. The number of esters is 2. The summed E-state index contributed by atoms with van der Waals surface area (Å²) in [5.41, 5.74) is 0. The zero-order valence-electron chi connectivity index (χ0n) is 12.5. The Hall–Kier alpha value is -1.19. The van der Waals surface area contributed by atoms with Gasteiger partial charge in [0.1, 0.15) is 12.1 Å². The summed E-state index contributed by atoms with van der Waals surface area (Å²) in [4.78, 5) is 23.3. The number of nitrogens with one attached hydrogen (secondary N) is 1. The maximum atomic E-state index is 12.3. The summed E-state index contributed by atoms with van der Waals surface area (Å²) in [7, 11) is -3.95. The van der Waals surface area contributed by atoms with Crippen molar-refractivity contribution in [1.29, 1.82) is 0 Å². The minimum atomic E-state index is -3.95. The topological polar surface area (TPSA) is 102 Å². The van der Waals surface area contributed by atoms with Crippen LogP contribution in [0.3, 0.4) is 0 Å². The molecule has 1 rings (SSSR count). The third-order valence-electron chi connectivity index (χ3n) is 3.04. The SMILES string of the molecule is CCOC(=O)C(C)NS(=O)(=O)N1CCCC1C(=O)OCC. The van der Waals surface area contributed by atoms with Crippen LogP contribution in [0.25, 0.3) is 0 Å². The Bertz CT molecular complexity index is 478. The summed E-state index contributed by atoms with van der Waals surface area (Å²) >= 11 is 0. The first-order valence-electron chi connectivity index (χ1n) is 6.95. The molecule has 0 aromatic heterocycles. The summed E-state index contributed by atoms with van der Waals surface area (Å²) in [5.74, 6) is -1.22. The van der Waals surface area contributed by atoms with E-state index in [0.717, 1.165) is 4.31 Å². The molecule has 0 amide bonds. The van der Waals surface area contributed by atoms with Gasteiger partial charge in [-0.2, -0.15) is 17.4 Å². The number of carbonyl (C=O) groups is 2. The van der Waals surface area contributed by atoms with Crippen LogP contribution in [-0.2, 0) is 29.3 Å². The van der Waals surface area contributed by atoms with Crippen LogP contribution in [0.1, 0.15) is 33.6 Å². The van der Waals surface area contributed by atoms with E-state index in [4.69, 9.17) is 9.47 Å². The molecule has 122 valence electrons. The quantitative estimate of drug-likeness (QED) is 0.651. The normalized spacial score (nSPS) is 21.0. The summed E-state index contributed by atoms with van der Waals surface area (Å²) in [5, 5.41) is 0. The number of hydrogen-bond acceptors (Lipinski definition) is 6. The predicted octanol–water partition coefficient (Wildman–Crippen LogP) is -0.200. The smallest absolute Gasteiger partial charge is 0.324 e. The summed E-state index contributed by atoms with van der Waals surface area (Å²) < 4.78 is 37.4. The van der Waals surface area contributed by atoms with Crippen LogP contribution >= 0.6 is 0 Å².